The fourth-order valence-electron chi connectivity index (χ4n) is 2.42. The van der Waals surface area contributed by atoms with Crippen LogP contribution in [0.1, 0.15) is 12.3 Å². The van der Waals surface area contributed by atoms with Crippen molar-refractivity contribution in [2.75, 3.05) is 20.2 Å². The summed E-state index contributed by atoms with van der Waals surface area (Å²) in [6.07, 6.45) is 0.917. The molecule has 0 fully saturated rings. The van der Waals surface area contributed by atoms with Crippen LogP contribution in [0, 0.1) is 0 Å². The molecule has 0 saturated heterocycles. The molecule has 130 valence electrons. The van der Waals surface area contributed by atoms with Gasteiger partial charge in [0.05, 0.1) is 13.2 Å². The largest absolute Gasteiger partial charge is 0.494 e. The van der Waals surface area contributed by atoms with Crippen molar-refractivity contribution in [3.8, 4) is 17.1 Å². The van der Waals surface area contributed by atoms with Crippen LogP contribution >= 0.6 is 11.6 Å². The number of hydrogen-bond donors (Lipinski definition) is 0. The number of halogens is 1. The number of hydrogen-bond acceptors (Lipinski definition) is 5. The fourth-order valence-corrected chi connectivity index (χ4v) is 2.61. The van der Waals surface area contributed by atoms with Gasteiger partial charge in [0.15, 0.2) is 0 Å². The minimum atomic E-state index is 0.554. The molecule has 0 spiro atoms. The summed E-state index contributed by atoms with van der Waals surface area (Å²) in [5.41, 5.74) is 0.849. The molecule has 0 atom stereocenters. The second-order valence-corrected chi connectivity index (χ2v) is 6.21. The molecule has 5 nitrogen and oxygen atoms in total. The normalized spacial score (nSPS) is 11.0. The minimum absolute atomic E-state index is 0.554. The Hall–Kier alpha value is -2.37. The molecule has 1 heterocycles. The van der Waals surface area contributed by atoms with Crippen molar-refractivity contribution in [1.82, 2.24) is 15.0 Å². The van der Waals surface area contributed by atoms with Crippen molar-refractivity contribution < 1.29 is 9.26 Å². The van der Waals surface area contributed by atoms with Gasteiger partial charge in [0.25, 0.3) is 0 Å². The first-order valence-electron chi connectivity index (χ1n) is 8.15. The lowest BCUT2D eigenvalue weighted by molar-refractivity contribution is 0.235. The Balaban J connectivity index is 1.44. The van der Waals surface area contributed by atoms with Crippen molar-refractivity contribution in [3.05, 3.63) is 65.5 Å². The maximum atomic E-state index is 5.99. The van der Waals surface area contributed by atoms with E-state index in [0.717, 1.165) is 24.3 Å². The van der Waals surface area contributed by atoms with Gasteiger partial charge in [-0.2, -0.15) is 4.98 Å². The maximum absolute atomic E-state index is 5.99. The average Bonchev–Trinajstić information content (AvgIpc) is 3.08. The van der Waals surface area contributed by atoms with Gasteiger partial charge in [-0.1, -0.05) is 47.1 Å². The molecular weight excluding hydrogens is 338 g/mol. The first-order valence-corrected chi connectivity index (χ1v) is 8.53. The zero-order valence-corrected chi connectivity index (χ0v) is 14.8. The molecule has 3 rings (SSSR count). The Labute approximate surface area is 152 Å². The third kappa shape index (κ3) is 5.31. The number of aromatic nitrogens is 2. The summed E-state index contributed by atoms with van der Waals surface area (Å²) in [6, 6.07) is 17.2. The summed E-state index contributed by atoms with van der Waals surface area (Å²) >= 11 is 5.99. The van der Waals surface area contributed by atoms with Gasteiger partial charge in [-0.05, 0) is 37.7 Å². The van der Waals surface area contributed by atoms with Crippen LogP contribution in [0.4, 0.5) is 0 Å². The summed E-state index contributed by atoms with van der Waals surface area (Å²) in [4.78, 5) is 6.56. The SMILES string of the molecule is CN(CCCOc1ccccc1)Cc1nc(-c2cccc(Cl)c2)no1. The predicted molar refractivity (Wildman–Crippen MR) is 97.6 cm³/mol. The Morgan fingerprint density at radius 1 is 1.12 bits per heavy atom. The number of nitrogens with zero attached hydrogens (tertiary/aromatic N) is 3. The molecule has 6 heteroatoms. The second kappa shape index (κ2) is 8.65. The van der Waals surface area contributed by atoms with E-state index < -0.39 is 0 Å². The van der Waals surface area contributed by atoms with Crippen LogP contribution in [0.15, 0.2) is 59.1 Å². The van der Waals surface area contributed by atoms with E-state index in [0.29, 0.717) is 29.9 Å². The summed E-state index contributed by atoms with van der Waals surface area (Å²) in [6.45, 7) is 2.15. The monoisotopic (exact) mass is 357 g/mol. The zero-order valence-electron chi connectivity index (χ0n) is 14.1. The van der Waals surface area contributed by atoms with Crippen molar-refractivity contribution in [2.45, 2.75) is 13.0 Å². The summed E-state index contributed by atoms with van der Waals surface area (Å²) in [5.74, 6) is 2.04. The van der Waals surface area contributed by atoms with Crippen LogP contribution in [0.25, 0.3) is 11.4 Å². The van der Waals surface area contributed by atoms with E-state index in [1.54, 1.807) is 0 Å². The summed E-state index contributed by atoms with van der Waals surface area (Å²) < 4.78 is 11.0. The number of ether oxygens (including phenoxy) is 1. The average molecular weight is 358 g/mol. The number of rotatable bonds is 8. The van der Waals surface area contributed by atoms with Crippen LogP contribution < -0.4 is 4.74 Å². The first-order chi connectivity index (χ1) is 12.2. The van der Waals surface area contributed by atoms with Gasteiger partial charge < -0.3 is 9.26 Å². The van der Waals surface area contributed by atoms with Gasteiger partial charge in [0.2, 0.25) is 11.7 Å². The minimum Gasteiger partial charge on any atom is -0.494 e. The molecule has 0 N–H and O–H groups in total. The second-order valence-electron chi connectivity index (χ2n) is 5.77. The highest BCUT2D eigenvalue weighted by molar-refractivity contribution is 6.30. The van der Waals surface area contributed by atoms with E-state index in [4.69, 9.17) is 20.9 Å². The van der Waals surface area contributed by atoms with Gasteiger partial charge in [-0.15, -0.1) is 0 Å². The van der Waals surface area contributed by atoms with E-state index in [1.807, 2.05) is 61.6 Å². The Morgan fingerprint density at radius 2 is 1.96 bits per heavy atom. The van der Waals surface area contributed by atoms with Crippen molar-refractivity contribution in [2.24, 2.45) is 0 Å². The molecule has 0 aliphatic rings. The highest BCUT2D eigenvalue weighted by Gasteiger charge is 2.11. The Kier molecular flexibility index (Phi) is 6.04. The standard InChI is InChI=1S/C19H20ClN3O2/c1-23(11-6-12-24-17-9-3-2-4-10-17)14-18-21-19(22-25-18)15-7-5-8-16(20)13-15/h2-5,7-10,13H,6,11-12,14H2,1H3. The lowest BCUT2D eigenvalue weighted by atomic mass is 10.2. The maximum Gasteiger partial charge on any atom is 0.241 e. The van der Waals surface area contributed by atoms with Crippen LogP contribution in [-0.2, 0) is 6.54 Å². The Bertz CT molecular complexity index is 792. The Morgan fingerprint density at radius 3 is 2.76 bits per heavy atom. The van der Waals surface area contributed by atoms with Crippen molar-refractivity contribution in [1.29, 1.82) is 0 Å². The van der Waals surface area contributed by atoms with Gasteiger partial charge in [0, 0.05) is 17.1 Å². The van der Waals surface area contributed by atoms with E-state index in [9.17, 15) is 0 Å². The molecular formula is C19H20ClN3O2. The van der Waals surface area contributed by atoms with Gasteiger partial charge in [-0.3, -0.25) is 4.90 Å². The van der Waals surface area contributed by atoms with E-state index in [1.165, 1.54) is 0 Å². The van der Waals surface area contributed by atoms with Gasteiger partial charge >= 0.3 is 0 Å². The van der Waals surface area contributed by atoms with Crippen LogP contribution in [0.2, 0.25) is 5.02 Å². The van der Waals surface area contributed by atoms with Crippen LogP contribution in [0.5, 0.6) is 5.75 Å². The fraction of sp³-hybridized carbons (Fsp3) is 0.263. The highest BCUT2D eigenvalue weighted by Crippen LogP contribution is 2.20. The highest BCUT2D eigenvalue weighted by atomic mass is 35.5. The zero-order chi connectivity index (χ0) is 17.5. The predicted octanol–water partition coefficient (Wildman–Crippen LogP) is 4.29. The van der Waals surface area contributed by atoms with Crippen molar-refractivity contribution >= 4 is 11.6 Å². The molecule has 2 aromatic carbocycles. The molecule has 0 saturated carbocycles. The molecule has 0 aliphatic heterocycles. The summed E-state index contributed by atoms with van der Waals surface area (Å²) in [5, 5.41) is 4.67. The lowest BCUT2D eigenvalue weighted by Crippen LogP contribution is -2.21. The van der Waals surface area contributed by atoms with E-state index in [2.05, 4.69) is 15.0 Å². The van der Waals surface area contributed by atoms with Gasteiger partial charge in [0.1, 0.15) is 5.75 Å². The van der Waals surface area contributed by atoms with Crippen LogP contribution in [0.3, 0.4) is 0 Å². The molecule has 3 aromatic rings. The molecule has 0 bridgehead atoms. The van der Waals surface area contributed by atoms with Gasteiger partial charge in [-0.25, -0.2) is 0 Å². The molecule has 0 amide bonds. The lowest BCUT2D eigenvalue weighted by Gasteiger charge is -2.14. The number of benzene rings is 2. The van der Waals surface area contributed by atoms with E-state index in [-0.39, 0.29) is 0 Å². The molecule has 1 aromatic heterocycles. The molecule has 0 radical (unpaired) electrons. The number of para-hydroxylation sites is 1. The third-order valence-electron chi connectivity index (χ3n) is 3.65. The quantitative estimate of drug-likeness (QED) is 0.563. The molecule has 0 aliphatic carbocycles. The molecule has 0 unspecified atom stereocenters. The van der Waals surface area contributed by atoms with Crippen LogP contribution in [-0.4, -0.2) is 35.2 Å². The van der Waals surface area contributed by atoms with E-state index >= 15 is 0 Å². The van der Waals surface area contributed by atoms with Crippen molar-refractivity contribution in [3.63, 3.8) is 0 Å². The first kappa shape index (κ1) is 17.5. The topological polar surface area (TPSA) is 51.4 Å². The summed E-state index contributed by atoms with van der Waals surface area (Å²) in [7, 11) is 2.02. The molecule has 25 heavy (non-hydrogen) atoms. The third-order valence-corrected chi connectivity index (χ3v) is 3.89. The smallest absolute Gasteiger partial charge is 0.241 e.